The molecule has 1 amide bonds. The van der Waals surface area contributed by atoms with E-state index in [1.54, 1.807) is 37.6 Å². The summed E-state index contributed by atoms with van der Waals surface area (Å²) in [4.78, 5) is 16.3. The Labute approximate surface area is 130 Å². The summed E-state index contributed by atoms with van der Waals surface area (Å²) in [6, 6.07) is 6.93. The Morgan fingerprint density at radius 1 is 1.40 bits per heavy atom. The number of pyridine rings is 1. The van der Waals surface area contributed by atoms with Gasteiger partial charge in [-0.05, 0) is 52.7 Å². The van der Waals surface area contributed by atoms with Crippen molar-refractivity contribution in [2.75, 3.05) is 12.4 Å². The minimum Gasteiger partial charge on any atom is -0.497 e. The number of aryl methyl sites for hydroxylation is 1. The predicted molar refractivity (Wildman–Crippen MR) is 82.6 cm³/mol. The zero-order chi connectivity index (χ0) is 14.7. The number of anilines is 1. The van der Waals surface area contributed by atoms with Crippen molar-refractivity contribution >= 4 is 39.1 Å². The molecule has 0 spiro atoms. The van der Waals surface area contributed by atoms with Crippen molar-refractivity contribution in [1.29, 1.82) is 0 Å². The standard InChI is InChI=1S/C14H12BrClN2O2/c1-8-5-12(13(16)17-7-8)18-14(19)10-6-9(20-2)3-4-11(10)15/h3-7H,1-2H3,(H,18,19). The quantitative estimate of drug-likeness (QED) is 0.845. The molecular formula is C14H12BrClN2O2. The van der Waals surface area contributed by atoms with E-state index < -0.39 is 0 Å². The lowest BCUT2D eigenvalue weighted by molar-refractivity contribution is 0.102. The van der Waals surface area contributed by atoms with Crippen LogP contribution in [0.5, 0.6) is 5.75 Å². The van der Waals surface area contributed by atoms with Crippen molar-refractivity contribution in [1.82, 2.24) is 4.98 Å². The molecule has 0 saturated heterocycles. The summed E-state index contributed by atoms with van der Waals surface area (Å²) < 4.78 is 5.79. The van der Waals surface area contributed by atoms with Crippen molar-refractivity contribution < 1.29 is 9.53 Å². The fourth-order valence-electron chi connectivity index (χ4n) is 1.64. The second-order valence-electron chi connectivity index (χ2n) is 4.15. The molecule has 4 nitrogen and oxygen atoms in total. The van der Waals surface area contributed by atoms with Crippen LogP contribution in [0.1, 0.15) is 15.9 Å². The minimum atomic E-state index is -0.287. The first-order valence-corrected chi connectivity index (χ1v) is 6.95. The first kappa shape index (κ1) is 14.8. The van der Waals surface area contributed by atoms with Gasteiger partial charge in [-0.25, -0.2) is 4.98 Å². The number of hydrogen-bond donors (Lipinski definition) is 1. The van der Waals surface area contributed by atoms with E-state index in [2.05, 4.69) is 26.2 Å². The van der Waals surface area contributed by atoms with Crippen LogP contribution in [0.3, 0.4) is 0 Å². The van der Waals surface area contributed by atoms with Gasteiger partial charge in [0.15, 0.2) is 5.15 Å². The van der Waals surface area contributed by atoms with Crippen LogP contribution in [-0.4, -0.2) is 18.0 Å². The number of amides is 1. The van der Waals surface area contributed by atoms with Crippen LogP contribution in [-0.2, 0) is 0 Å². The van der Waals surface area contributed by atoms with E-state index in [1.165, 1.54) is 0 Å². The molecule has 2 rings (SSSR count). The topological polar surface area (TPSA) is 51.2 Å². The summed E-state index contributed by atoms with van der Waals surface area (Å²) in [5, 5.41) is 2.99. The van der Waals surface area contributed by atoms with Gasteiger partial charge in [-0.3, -0.25) is 4.79 Å². The monoisotopic (exact) mass is 354 g/mol. The molecule has 1 N–H and O–H groups in total. The summed E-state index contributed by atoms with van der Waals surface area (Å²) >= 11 is 9.31. The van der Waals surface area contributed by atoms with Crippen LogP contribution in [0.4, 0.5) is 5.69 Å². The number of carbonyl (C=O) groups is 1. The number of methoxy groups -OCH3 is 1. The van der Waals surface area contributed by atoms with Crippen molar-refractivity contribution in [3.8, 4) is 5.75 Å². The second-order valence-corrected chi connectivity index (χ2v) is 5.36. The molecule has 0 aliphatic carbocycles. The second kappa shape index (κ2) is 6.24. The maximum atomic E-state index is 12.3. The fourth-order valence-corrected chi connectivity index (χ4v) is 2.21. The Hall–Kier alpha value is -1.59. The molecule has 104 valence electrons. The van der Waals surface area contributed by atoms with Gasteiger partial charge < -0.3 is 10.1 Å². The van der Waals surface area contributed by atoms with Gasteiger partial charge in [-0.1, -0.05) is 11.6 Å². The van der Waals surface area contributed by atoms with E-state index in [0.29, 0.717) is 21.5 Å². The summed E-state index contributed by atoms with van der Waals surface area (Å²) in [5.74, 6) is 0.317. The smallest absolute Gasteiger partial charge is 0.257 e. The zero-order valence-corrected chi connectivity index (χ0v) is 13.2. The first-order chi connectivity index (χ1) is 9.51. The molecule has 0 atom stereocenters. The zero-order valence-electron chi connectivity index (χ0n) is 10.9. The van der Waals surface area contributed by atoms with Gasteiger partial charge in [0.2, 0.25) is 0 Å². The molecule has 1 heterocycles. The maximum Gasteiger partial charge on any atom is 0.257 e. The highest BCUT2D eigenvalue weighted by Crippen LogP contribution is 2.25. The lowest BCUT2D eigenvalue weighted by Gasteiger charge is -2.10. The molecule has 0 unspecified atom stereocenters. The van der Waals surface area contributed by atoms with E-state index in [1.807, 2.05) is 6.92 Å². The number of carbonyl (C=O) groups excluding carboxylic acids is 1. The van der Waals surface area contributed by atoms with Crippen molar-refractivity contribution in [2.24, 2.45) is 0 Å². The van der Waals surface area contributed by atoms with Crippen molar-refractivity contribution in [2.45, 2.75) is 6.92 Å². The van der Waals surface area contributed by atoms with Crippen LogP contribution in [0.2, 0.25) is 5.15 Å². The van der Waals surface area contributed by atoms with Gasteiger partial charge in [0, 0.05) is 10.7 Å². The van der Waals surface area contributed by atoms with E-state index in [-0.39, 0.29) is 11.1 Å². The van der Waals surface area contributed by atoms with Gasteiger partial charge >= 0.3 is 0 Å². The van der Waals surface area contributed by atoms with Gasteiger partial charge in [0.1, 0.15) is 5.75 Å². The Balaban J connectivity index is 2.30. The molecule has 0 aliphatic heterocycles. The number of hydrogen-bond acceptors (Lipinski definition) is 3. The highest BCUT2D eigenvalue weighted by molar-refractivity contribution is 9.10. The van der Waals surface area contributed by atoms with Crippen LogP contribution in [0, 0.1) is 6.92 Å². The SMILES string of the molecule is COc1ccc(Br)c(C(=O)Nc2cc(C)cnc2Cl)c1. The number of rotatable bonds is 3. The lowest BCUT2D eigenvalue weighted by Crippen LogP contribution is -2.13. The normalized spacial score (nSPS) is 10.2. The molecule has 0 aliphatic rings. The molecule has 0 saturated carbocycles. The average Bonchev–Trinajstić information content (AvgIpc) is 2.43. The first-order valence-electron chi connectivity index (χ1n) is 5.78. The molecule has 20 heavy (non-hydrogen) atoms. The molecule has 1 aromatic heterocycles. The average molecular weight is 356 g/mol. The third kappa shape index (κ3) is 3.29. The van der Waals surface area contributed by atoms with E-state index in [0.717, 1.165) is 5.56 Å². The molecule has 1 aromatic carbocycles. The number of halogens is 2. The van der Waals surface area contributed by atoms with Crippen molar-refractivity contribution in [3.63, 3.8) is 0 Å². The third-order valence-corrected chi connectivity index (χ3v) is 3.63. The van der Waals surface area contributed by atoms with Gasteiger partial charge in [0.25, 0.3) is 5.91 Å². The van der Waals surface area contributed by atoms with E-state index in [4.69, 9.17) is 16.3 Å². The largest absolute Gasteiger partial charge is 0.497 e. The molecule has 0 bridgehead atoms. The Kier molecular flexibility index (Phi) is 4.62. The fraction of sp³-hybridized carbons (Fsp3) is 0.143. The lowest BCUT2D eigenvalue weighted by atomic mass is 10.2. The molecule has 0 radical (unpaired) electrons. The molecular weight excluding hydrogens is 344 g/mol. The summed E-state index contributed by atoms with van der Waals surface area (Å²) in [5.41, 5.74) is 1.85. The third-order valence-electron chi connectivity index (χ3n) is 2.64. The molecule has 2 aromatic rings. The van der Waals surface area contributed by atoms with Gasteiger partial charge in [-0.2, -0.15) is 0 Å². The summed E-state index contributed by atoms with van der Waals surface area (Å²) in [7, 11) is 1.55. The van der Waals surface area contributed by atoms with E-state index in [9.17, 15) is 4.79 Å². The maximum absolute atomic E-state index is 12.3. The van der Waals surface area contributed by atoms with Crippen LogP contribution >= 0.6 is 27.5 Å². The van der Waals surface area contributed by atoms with Crippen molar-refractivity contribution in [3.05, 3.63) is 51.2 Å². The number of nitrogens with one attached hydrogen (secondary N) is 1. The number of ether oxygens (including phenoxy) is 1. The van der Waals surface area contributed by atoms with Crippen LogP contribution < -0.4 is 10.1 Å². The van der Waals surface area contributed by atoms with Gasteiger partial charge in [0.05, 0.1) is 18.4 Å². The van der Waals surface area contributed by atoms with Gasteiger partial charge in [-0.15, -0.1) is 0 Å². The number of nitrogens with zero attached hydrogens (tertiary/aromatic N) is 1. The summed E-state index contributed by atoms with van der Waals surface area (Å²) in [6.07, 6.45) is 1.64. The predicted octanol–water partition coefficient (Wildman–Crippen LogP) is 4.07. The summed E-state index contributed by atoms with van der Waals surface area (Å²) in [6.45, 7) is 1.88. The Morgan fingerprint density at radius 2 is 2.15 bits per heavy atom. The van der Waals surface area contributed by atoms with Crippen LogP contribution in [0.25, 0.3) is 0 Å². The highest BCUT2D eigenvalue weighted by Gasteiger charge is 2.13. The van der Waals surface area contributed by atoms with Crippen LogP contribution in [0.15, 0.2) is 34.9 Å². The molecule has 6 heteroatoms. The molecule has 0 fully saturated rings. The number of benzene rings is 1. The Bertz CT molecular complexity index is 662. The minimum absolute atomic E-state index is 0.253. The van der Waals surface area contributed by atoms with E-state index >= 15 is 0 Å². The highest BCUT2D eigenvalue weighted by atomic mass is 79.9. The Morgan fingerprint density at radius 3 is 2.85 bits per heavy atom. The number of aromatic nitrogens is 1.